The molecular weight excluding hydrogens is 462 g/mol. The van der Waals surface area contributed by atoms with Gasteiger partial charge in [-0.3, -0.25) is 4.79 Å². The number of hydrogen-bond donors (Lipinski definition) is 2. The zero-order chi connectivity index (χ0) is 20.9. The molecule has 0 aromatic heterocycles. The summed E-state index contributed by atoms with van der Waals surface area (Å²) in [7, 11) is -2.61. The molecule has 2 rings (SSSR count). The van der Waals surface area contributed by atoms with Gasteiger partial charge in [0.05, 0.1) is 17.6 Å². The van der Waals surface area contributed by atoms with Gasteiger partial charge in [-0.2, -0.15) is 8.78 Å². The van der Waals surface area contributed by atoms with E-state index in [0.717, 1.165) is 6.07 Å². The number of nitrogens with one attached hydrogen (secondary N) is 1. The Bertz CT molecular complexity index is 970. The minimum absolute atomic E-state index is 0.1000. The van der Waals surface area contributed by atoms with Gasteiger partial charge < -0.3 is 14.8 Å². The van der Waals surface area contributed by atoms with Crippen LogP contribution in [-0.4, -0.2) is 34.6 Å². The lowest BCUT2D eigenvalue weighted by molar-refractivity contribution is -0.0512. The summed E-state index contributed by atoms with van der Waals surface area (Å²) in [4.78, 5) is 12.1. The number of carbonyl (C=O) groups is 1. The van der Waals surface area contributed by atoms with Crippen LogP contribution in [-0.2, 0) is 16.4 Å². The summed E-state index contributed by atoms with van der Waals surface area (Å²) in [5, 5.41) is 7.70. The van der Waals surface area contributed by atoms with Gasteiger partial charge in [-0.25, -0.2) is 13.6 Å². The number of carbonyl (C=O) groups excluding carboxylic acids is 1. The second-order valence-corrected chi connectivity index (χ2v) is 7.97. The van der Waals surface area contributed by atoms with Crippen molar-refractivity contribution in [2.45, 2.75) is 17.9 Å². The van der Waals surface area contributed by atoms with Gasteiger partial charge >= 0.3 is 6.61 Å². The molecule has 0 bridgehead atoms. The lowest BCUT2D eigenvalue weighted by atomic mass is 10.1. The van der Waals surface area contributed by atoms with E-state index >= 15 is 0 Å². The van der Waals surface area contributed by atoms with E-state index in [0.29, 0.717) is 16.5 Å². The molecule has 7 nitrogen and oxygen atoms in total. The molecule has 0 saturated heterocycles. The van der Waals surface area contributed by atoms with Crippen molar-refractivity contribution in [1.82, 2.24) is 5.32 Å². The molecule has 1 amide bonds. The molecule has 0 spiro atoms. The number of hydrogen-bond acceptors (Lipinski definition) is 5. The highest BCUT2D eigenvalue weighted by atomic mass is 79.9. The van der Waals surface area contributed by atoms with E-state index in [1.165, 1.54) is 31.4 Å². The monoisotopic (exact) mass is 478 g/mol. The third-order valence-corrected chi connectivity index (χ3v) is 5.26. The average Bonchev–Trinajstić information content (AvgIpc) is 2.60. The van der Waals surface area contributed by atoms with Crippen LogP contribution in [0.2, 0.25) is 0 Å². The molecule has 0 fully saturated rings. The molecule has 2 aromatic rings. The lowest BCUT2D eigenvalue weighted by Crippen LogP contribution is -2.26. The Labute approximate surface area is 169 Å². The predicted molar refractivity (Wildman–Crippen MR) is 101 cm³/mol. The third-order valence-electron chi connectivity index (χ3n) is 3.65. The van der Waals surface area contributed by atoms with Crippen LogP contribution >= 0.6 is 15.9 Å². The smallest absolute Gasteiger partial charge is 0.387 e. The molecule has 0 atom stereocenters. The first-order chi connectivity index (χ1) is 13.1. The summed E-state index contributed by atoms with van der Waals surface area (Å²) in [5.74, 6) is -0.461. The number of alkyl halides is 2. The number of methoxy groups -OCH3 is 1. The number of nitrogens with two attached hydrogens (primary N) is 1. The highest BCUT2D eigenvalue weighted by molar-refractivity contribution is 9.10. The van der Waals surface area contributed by atoms with E-state index in [1.807, 2.05) is 0 Å². The van der Waals surface area contributed by atoms with Gasteiger partial charge in [0.15, 0.2) is 11.5 Å². The Balaban J connectivity index is 2.06. The molecule has 0 radical (unpaired) electrons. The molecule has 152 valence electrons. The maximum atomic E-state index is 12.5. The summed E-state index contributed by atoms with van der Waals surface area (Å²) in [6, 6.07) is 8.39. The van der Waals surface area contributed by atoms with Gasteiger partial charge in [-0.1, -0.05) is 6.07 Å². The fraction of sp³-hybridized carbons (Fsp3) is 0.235. The second-order valence-electron chi connectivity index (χ2n) is 5.56. The Hall–Kier alpha value is -2.24. The molecule has 0 aliphatic rings. The number of rotatable bonds is 8. The van der Waals surface area contributed by atoms with Crippen molar-refractivity contribution < 1.29 is 31.5 Å². The van der Waals surface area contributed by atoms with Crippen LogP contribution in [0.1, 0.15) is 15.9 Å². The summed E-state index contributed by atoms with van der Waals surface area (Å²) in [6.07, 6.45) is 0.321. The minimum Gasteiger partial charge on any atom is -0.493 e. The fourth-order valence-electron chi connectivity index (χ4n) is 2.34. The molecule has 0 saturated carbocycles. The number of benzene rings is 2. The van der Waals surface area contributed by atoms with Crippen LogP contribution in [0.15, 0.2) is 45.8 Å². The van der Waals surface area contributed by atoms with Crippen LogP contribution in [0, 0.1) is 0 Å². The minimum atomic E-state index is -3.95. The van der Waals surface area contributed by atoms with Crippen molar-refractivity contribution in [3.63, 3.8) is 0 Å². The first-order valence-corrected chi connectivity index (χ1v) is 10.2. The van der Waals surface area contributed by atoms with Gasteiger partial charge in [0, 0.05) is 11.0 Å². The Morgan fingerprint density at radius 3 is 2.54 bits per heavy atom. The summed E-state index contributed by atoms with van der Waals surface area (Å²) < 4.78 is 57.6. The van der Waals surface area contributed by atoms with E-state index in [2.05, 4.69) is 26.0 Å². The zero-order valence-corrected chi connectivity index (χ0v) is 17.0. The highest BCUT2D eigenvalue weighted by Crippen LogP contribution is 2.29. The molecule has 0 aliphatic heterocycles. The molecule has 28 heavy (non-hydrogen) atoms. The number of sulfonamides is 1. The van der Waals surface area contributed by atoms with E-state index in [1.54, 1.807) is 6.07 Å². The highest BCUT2D eigenvalue weighted by Gasteiger charge is 2.16. The van der Waals surface area contributed by atoms with E-state index in [-0.39, 0.29) is 28.5 Å². The topological polar surface area (TPSA) is 108 Å². The number of amides is 1. The number of ether oxygens (including phenoxy) is 2. The van der Waals surface area contributed by atoms with Gasteiger partial charge in [-0.05, 0) is 58.2 Å². The first-order valence-electron chi connectivity index (χ1n) is 7.84. The first kappa shape index (κ1) is 22.1. The van der Waals surface area contributed by atoms with Crippen molar-refractivity contribution >= 4 is 31.9 Å². The van der Waals surface area contributed by atoms with Crippen LogP contribution in [0.4, 0.5) is 8.78 Å². The van der Waals surface area contributed by atoms with Crippen molar-refractivity contribution in [2.75, 3.05) is 13.7 Å². The van der Waals surface area contributed by atoms with Gasteiger partial charge in [0.2, 0.25) is 10.0 Å². The van der Waals surface area contributed by atoms with E-state index < -0.39 is 22.5 Å². The molecule has 11 heteroatoms. The Morgan fingerprint density at radius 2 is 1.93 bits per heavy atom. The molecular formula is C17H17BrF2N2O5S. The summed E-state index contributed by atoms with van der Waals surface area (Å²) in [5.41, 5.74) is 0.733. The molecule has 0 aliphatic carbocycles. The summed E-state index contributed by atoms with van der Waals surface area (Å²) in [6.45, 7) is -2.82. The third kappa shape index (κ3) is 5.88. The summed E-state index contributed by atoms with van der Waals surface area (Å²) >= 11 is 3.18. The van der Waals surface area contributed by atoms with E-state index in [4.69, 9.17) is 9.88 Å². The van der Waals surface area contributed by atoms with Crippen molar-refractivity contribution in [3.05, 3.63) is 52.0 Å². The average molecular weight is 479 g/mol. The number of halogens is 3. The van der Waals surface area contributed by atoms with Crippen molar-refractivity contribution in [2.24, 2.45) is 5.14 Å². The molecule has 0 unspecified atom stereocenters. The van der Waals surface area contributed by atoms with Gasteiger partial charge in [-0.15, -0.1) is 0 Å². The van der Waals surface area contributed by atoms with Crippen LogP contribution in [0.25, 0.3) is 0 Å². The second kappa shape index (κ2) is 9.30. The van der Waals surface area contributed by atoms with Crippen molar-refractivity contribution in [3.8, 4) is 11.5 Å². The number of primary sulfonamides is 1. The maximum absolute atomic E-state index is 12.5. The normalized spacial score (nSPS) is 11.4. The van der Waals surface area contributed by atoms with Crippen LogP contribution < -0.4 is 19.9 Å². The van der Waals surface area contributed by atoms with Crippen molar-refractivity contribution in [1.29, 1.82) is 0 Å². The zero-order valence-electron chi connectivity index (χ0n) is 14.6. The van der Waals surface area contributed by atoms with Crippen LogP contribution in [0.5, 0.6) is 11.5 Å². The SMILES string of the molecule is COc1ccc(CCNC(=O)c2cc(S(N)(=O)=O)ccc2Br)cc1OC(F)F. The fourth-order valence-corrected chi connectivity index (χ4v) is 3.30. The molecule has 2 aromatic carbocycles. The largest absolute Gasteiger partial charge is 0.493 e. The standard InChI is InChI=1S/C17H17BrF2N2O5S/c1-26-14-5-2-10(8-15(14)27-17(19)20)6-7-22-16(23)12-9-11(28(21,24)25)3-4-13(12)18/h2-5,8-9,17H,6-7H2,1H3,(H,22,23)(H2,21,24,25). The molecule has 0 heterocycles. The predicted octanol–water partition coefficient (Wildman–Crippen LogP) is 2.68. The Morgan fingerprint density at radius 1 is 1.21 bits per heavy atom. The van der Waals surface area contributed by atoms with Gasteiger partial charge in [0.1, 0.15) is 0 Å². The van der Waals surface area contributed by atoms with Crippen LogP contribution in [0.3, 0.4) is 0 Å². The molecule has 3 N–H and O–H groups in total. The maximum Gasteiger partial charge on any atom is 0.387 e. The van der Waals surface area contributed by atoms with E-state index in [9.17, 15) is 22.0 Å². The quantitative estimate of drug-likeness (QED) is 0.606. The Kier molecular flexibility index (Phi) is 7.33. The van der Waals surface area contributed by atoms with Gasteiger partial charge in [0.25, 0.3) is 5.91 Å². The lowest BCUT2D eigenvalue weighted by Gasteiger charge is -2.12.